The van der Waals surface area contributed by atoms with E-state index in [1.54, 1.807) is 12.1 Å². The van der Waals surface area contributed by atoms with Crippen LogP contribution in [0.4, 0.5) is 0 Å². The highest BCUT2D eigenvalue weighted by Crippen LogP contribution is 2.50. The van der Waals surface area contributed by atoms with Crippen molar-refractivity contribution >= 4 is 74.7 Å². The molecule has 1 aromatic heterocycles. The maximum atomic E-state index is 15.1. The maximum Gasteiger partial charge on any atom is 0.211 e. The summed E-state index contributed by atoms with van der Waals surface area (Å²) in [5.74, 6) is 0.709. The number of sulfone groups is 1. The smallest absolute Gasteiger partial charge is 0.211 e. The molecule has 0 N–H and O–H groups in total. The highest BCUT2D eigenvalue weighted by atomic mass is 32.2. The lowest BCUT2D eigenvalue weighted by molar-refractivity contribution is 0.595. The molecule has 0 bridgehead atoms. The van der Waals surface area contributed by atoms with Crippen molar-refractivity contribution < 1.29 is 8.42 Å². The van der Waals surface area contributed by atoms with Gasteiger partial charge in [-0.3, -0.25) is 4.57 Å². The minimum Gasteiger partial charge on any atom is -0.290 e. The Morgan fingerprint density at radius 1 is 0.429 bits per heavy atom. The second-order valence-electron chi connectivity index (χ2n) is 14.7. The van der Waals surface area contributed by atoms with Gasteiger partial charge in [0.25, 0.3) is 0 Å². The van der Waals surface area contributed by atoms with E-state index in [0.29, 0.717) is 33.0 Å². The molecular formula is C51H30N2O2S. The molecule has 5 heteroatoms. The topological polar surface area (TPSA) is 52.0 Å². The van der Waals surface area contributed by atoms with E-state index in [1.165, 1.54) is 21.5 Å². The molecule has 262 valence electrons. The third-order valence-corrected chi connectivity index (χ3v) is 13.5. The largest absolute Gasteiger partial charge is 0.290 e. The van der Waals surface area contributed by atoms with Crippen molar-refractivity contribution in [1.82, 2.24) is 9.55 Å². The minimum absolute atomic E-state index is 0.267. The van der Waals surface area contributed by atoms with Gasteiger partial charge in [0.15, 0.2) is 0 Å². The van der Waals surface area contributed by atoms with E-state index >= 15 is 8.42 Å². The van der Waals surface area contributed by atoms with Crippen LogP contribution in [0.25, 0.3) is 104 Å². The number of hydrogen-bond acceptors (Lipinski definition) is 3. The molecule has 1 aliphatic heterocycles. The summed E-state index contributed by atoms with van der Waals surface area (Å²) in [4.78, 5) is 5.67. The number of aromatic nitrogens is 2. The molecule has 0 saturated heterocycles. The number of para-hydroxylation sites is 1. The molecule has 56 heavy (non-hydrogen) atoms. The molecule has 11 aromatic rings. The first-order valence-electron chi connectivity index (χ1n) is 18.8. The molecule has 0 unspecified atom stereocenters. The third kappa shape index (κ3) is 4.29. The van der Waals surface area contributed by atoms with E-state index in [9.17, 15) is 0 Å². The van der Waals surface area contributed by atoms with Gasteiger partial charge in [-0.2, -0.15) is 0 Å². The van der Waals surface area contributed by atoms with Crippen molar-refractivity contribution in [3.05, 3.63) is 182 Å². The normalized spacial score (nSPS) is 13.3. The minimum atomic E-state index is -3.99. The van der Waals surface area contributed by atoms with Crippen LogP contribution in [0.15, 0.2) is 192 Å². The zero-order valence-electron chi connectivity index (χ0n) is 29.9. The van der Waals surface area contributed by atoms with Crippen molar-refractivity contribution in [2.24, 2.45) is 0 Å². The first kappa shape index (κ1) is 31.3. The van der Waals surface area contributed by atoms with Gasteiger partial charge in [0.05, 0.1) is 21.6 Å². The maximum absolute atomic E-state index is 15.1. The fourth-order valence-electron chi connectivity index (χ4n) is 9.26. The molecule has 0 amide bonds. The summed E-state index contributed by atoms with van der Waals surface area (Å²) in [6.45, 7) is 0. The fourth-order valence-corrected chi connectivity index (χ4v) is 11.1. The SMILES string of the molecule is O=S1(=O)c2c(-c3c4ccccc4c(-c4ccc5c(ccc6ccccc65)c4)c4ccccc34)cccc2-n2c(-c3ccc4ccccc4c3)nc3cccc1c32. The summed E-state index contributed by atoms with van der Waals surface area (Å²) in [5.41, 5.74) is 6.59. The number of fused-ring (bicyclic) bond motifs is 8. The molecule has 0 spiro atoms. The van der Waals surface area contributed by atoms with Gasteiger partial charge in [-0.1, -0.05) is 152 Å². The molecule has 0 saturated carbocycles. The summed E-state index contributed by atoms with van der Waals surface area (Å²) in [5, 5.41) is 11.2. The standard InChI is InChI=1S/C51H30N2O2S/c54-56(55)46-22-10-20-44-49(46)53(51(52-44)36-26-23-31-11-1-2-13-33(31)29-36)45-21-9-19-43(50(45)56)48-41-17-7-5-15-39(41)47(40-16-6-8-18-42(40)48)35-27-28-38-34(30-35)25-24-32-12-3-4-14-37(32)38/h1-30H. The molecule has 10 aromatic carbocycles. The van der Waals surface area contributed by atoms with Crippen LogP contribution in [0, 0.1) is 0 Å². The Labute approximate surface area is 322 Å². The lowest BCUT2D eigenvalue weighted by Gasteiger charge is -2.25. The average molecular weight is 735 g/mol. The van der Waals surface area contributed by atoms with Gasteiger partial charge < -0.3 is 0 Å². The molecular weight excluding hydrogens is 705 g/mol. The van der Waals surface area contributed by atoms with E-state index in [2.05, 4.69) is 126 Å². The van der Waals surface area contributed by atoms with Crippen LogP contribution < -0.4 is 0 Å². The molecule has 0 aliphatic carbocycles. The number of nitrogens with zero attached hydrogens (tertiary/aromatic N) is 2. The van der Waals surface area contributed by atoms with E-state index in [4.69, 9.17) is 4.98 Å². The molecule has 12 rings (SSSR count). The lowest BCUT2D eigenvalue weighted by Crippen LogP contribution is -2.16. The first-order chi connectivity index (χ1) is 27.5. The van der Waals surface area contributed by atoms with Crippen molar-refractivity contribution in [3.8, 4) is 39.3 Å². The monoisotopic (exact) mass is 734 g/mol. The Morgan fingerprint density at radius 2 is 1.00 bits per heavy atom. The summed E-state index contributed by atoms with van der Waals surface area (Å²) in [6, 6.07) is 62.4. The van der Waals surface area contributed by atoms with Gasteiger partial charge in [0.2, 0.25) is 9.84 Å². The van der Waals surface area contributed by atoms with Crippen molar-refractivity contribution in [3.63, 3.8) is 0 Å². The van der Waals surface area contributed by atoms with Crippen LogP contribution in [0.5, 0.6) is 0 Å². The zero-order valence-corrected chi connectivity index (χ0v) is 30.8. The van der Waals surface area contributed by atoms with E-state index < -0.39 is 9.84 Å². The predicted octanol–water partition coefficient (Wildman–Crippen LogP) is 12.9. The predicted molar refractivity (Wildman–Crippen MR) is 230 cm³/mol. The van der Waals surface area contributed by atoms with Gasteiger partial charge in [-0.05, 0) is 101 Å². The molecule has 4 nitrogen and oxygen atoms in total. The Kier molecular flexibility index (Phi) is 6.41. The van der Waals surface area contributed by atoms with Crippen LogP contribution in [0.2, 0.25) is 0 Å². The lowest BCUT2D eigenvalue weighted by atomic mass is 9.85. The van der Waals surface area contributed by atoms with Crippen molar-refractivity contribution in [2.75, 3.05) is 0 Å². The summed E-state index contributed by atoms with van der Waals surface area (Å²) < 4.78 is 32.3. The molecule has 2 heterocycles. The molecule has 0 radical (unpaired) electrons. The fraction of sp³-hybridized carbons (Fsp3) is 0. The Morgan fingerprint density at radius 3 is 1.77 bits per heavy atom. The quantitative estimate of drug-likeness (QED) is 0.134. The van der Waals surface area contributed by atoms with Gasteiger partial charge in [-0.15, -0.1) is 0 Å². The Balaban J connectivity index is 1.15. The van der Waals surface area contributed by atoms with Crippen LogP contribution in [-0.2, 0) is 9.84 Å². The van der Waals surface area contributed by atoms with Crippen LogP contribution in [-0.4, -0.2) is 18.0 Å². The average Bonchev–Trinajstić information content (AvgIpc) is 3.64. The first-order valence-corrected chi connectivity index (χ1v) is 20.3. The summed E-state index contributed by atoms with van der Waals surface area (Å²) >= 11 is 0. The third-order valence-electron chi connectivity index (χ3n) is 11.7. The highest BCUT2D eigenvalue weighted by Gasteiger charge is 2.36. The van der Waals surface area contributed by atoms with Gasteiger partial charge in [0.1, 0.15) is 10.7 Å². The van der Waals surface area contributed by atoms with Crippen LogP contribution in [0.3, 0.4) is 0 Å². The molecule has 1 aliphatic rings. The second kappa shape index (κ2) is 11.5. The van der Waals surface area contributed by atoms with Gasteiger partial charge in [-0.25, -0.2) is 13.4 Å². The highest BCUT2D eigenvalue weighted by molar-refractivity contribution is 7.92. The Hall–Kier alpha value is -7.08. The van der Waals surface area contributed by atoms with Crippen molar-refractivity contribution in [2.45, 2.75) is 9.79 Å². The summed E-state index contributed by atoms with van der Waals surface area (Å²) in [7, 11) is -3.99. The Bertz CT molecular complexity index is 3560. The van der Waals surface area contributed by atoms with Crippen molar-refractivity contribution in [1.29, 1.82) is 0 Å². The van der Waals surface area contributed by atoms with Crippen LogP contribution in [0.1, 0.15) is 0 Å². The van der Waals surface area contributed by atoms with Gasteiger partial charge in [0, 0.05) is 11.1 Å². The van der Waals surface area contributed by atoms with Gasteiger partial charge >= 0.3 is 0 Å². The molecule has 0 fully saturated rings. The number of imidazole rings is 1. The number of rotatable bonds is 3. The second-order valence-corrected chi connectivity index (χ2v) is 16.5. The number of hydrogen-bond donors (Lipinski definition) is 0. The van der Waals surface area contributed by atoms with E-state index in [0.717, 1.165) is 54.6 Å². The van der Waals surface area contributed by atoms with E-state index in [1.807, 2.05) is 48.5 Å². The zero-order chi connectivity index (χ0) is 37.1. The van der Waals surface area contributed by atoms with Crippen LogP contribution >= 0.6 is 0 Å². The number of benzene rings is 10. The van der Waals surface area contributed by atoms with E-state index in [-0.39, 0.29) is 4.90 Å². The molecule has 0 atom stereocenters. The summed E-state index contributed by atoms with van der Waals surface area (Å²) in [6.07, 6.45) is 0.